The summed E-state index contributed by atoms with van der Waals surface area (Å²) in [5.74, 6) is 0.271. The molecule has 0 saturated heterocycles. The minimum absolute atomic E-state index is 0.134. The van der Waals surface area contributed by atoms with Crippen LogP contribution < -0.4 is 10.1 Å². The zero-order valence-electron chi connectivity index (χ0n) is 9.72. The summed E-state index contributed by atoms with van der Waals surface area (Å²) in [7, 11) is 3.11. The highest BCUT2D eigenvalue weighted by Gasteiger charge is 2.11. The fraction of sp³-hybridized carbons (Fsp3) is 0.200. The molecular weight excluding hydrogens is 258 g/mol. The third kappa shape index (κ3) is 2.57. The van der Waals surface area contributed by atoms with Crippen molar-refractivity contribution in [1.29, 1.82) is 0 Å². The van der Waals surface area contributed by atoms with E-state index in [-0.39, 0.29) is 11.9 Å². The number of anilines is 1. The summed E-state index contributed by atoms with van der Waals surface area (Å²) in [5, 5.41) is 13.9. The first kappa shape index (κ1) is 12.3. The first-order chi connectivity index (χ1) is 8.60. The molecule has 2 rings (SSSR count). The Kier molecular flexibility index (Phi) is 3.42. The minimum atomic E-state index is -0.368. The molecule has 1 aromatic carbocycles. The largest absolute Gasteiger partial charge is 0.495 e. The Morgan fingerprint density at radius 1 is 1.50 bits per heavy atom. The van der Waals surface area contributed by atoms with Crippen LogP contribution in [0, 0.1) is 0 Å². The van der Waals surface area contributed by atoms with E-state index in [1.54, 1.807) is 19.2 Å². The molecule has 1 N–H and O–H groups in total. The normalized spacial score (nSPS) is 10.2. The average molecular weight is 268 g/mol. The van der Waals surface area contributed by atoms with E-state index in [9.17, 15) is 4.79 Å². The number of tetrazole rings is 1. The van der Waals surface area contributed by atoms with Gasteiger partial charge < -0.3 is 4.74 Å². The quantitative estimate of drug-likeness (QED) is 0.901. The molecule has 0 aliphatic carbocycles. The lowest BCUT2D eigenvalue weighted by molar-refractivity contribution is 0.102. The molecule has 0 fully saturated rings. The van der Waals surface area contributed by atoms with Crippen molar-refractivity contribution in [3.05, 3.63) is 28.8 Å². The number of nitrogens with zero attached hydrogens (tertiary/aromatic N) is 4. The van der Waals surface area contributed by atoms with E-state index in [4.69, 9.17) is 16.3 Å². The summed E-state index contributed by atoms with van der Waals surface area (Å²) in [6.45, 7) is 0. The van der Waals surface area contributed by atoms with Crippen molar-refractivity contribution in [3.63, 3.8) is 0 Å². The van der Waals surface area contributed by atoms with Crippen LogP contribution in [0.25, 0.3) is 0 Å². The van der Waals surface area contributed by atoms with Crippen LogP contribution in [0.4, 0.5) is 5.95 Å². The van der Waals surface area contributed by atoms with Gasteiger partial charge in [0, 0.05) is 5.56 Å². The second-order valence-electron chi connectivity index (χ2n) is 3.41. The van der Waals surface area contributed by atoms with E-state index in [0.29, 0.717) is 16.3 Å². The molecule has 0 unspecified atom stereocenters. The molecule has 1 heterocycles. The van der Waals surface area contributed by atoms with Gasteiger partial charge in [-0.05, 0) is 23.4 Å². The van der Waals surface area contributed by atoms with Crippen molar-refractivity contribution in [2.45, 2.75) is 0 Å². The monoisotopic (exact) mass is 267 g/mol. The van der Waals surface area contributed by atoms with Gasteiger partial charge in [0.05, 0.1) is 19.2 Å². The van der Waals surface area contributed by atoms with E-state index in [2.05, 4.69) is 20.7 Å². The molecule has 8 heteroatoms. The number of carbonyl (C=O) groups excluding carboxylic acids is 1. The number of benzene rings is 1. The number of rotatable bonds is 3. The molecule has 0 saturated carbocycles. The molecule has 7 nitrogen and oxygen atoms in total. The van der Waals surface area contributed by atoms with Gasteiger partial charge >= 0.3 is 0 Å². The minimum Gasteiger partial charge on any atom is -0.495 e. The van der Waals surface area contributed by atoms with E-state index in [1.807, 2.05) is 0 Å². The van der Waals surface area contributed by atoms with Gasteiger partial charge in [-0.3, -0.25) is 10.1 Å². The number of methoxy groups -OCH3 is 1. The maximum Gasteiger partial charge on any atom is 0.270 e. The van der Waals surface area contributed by atoms with Crippen molar-refractivity contribution in [1.82, 2.24) is 20.2 Å². The fourth-order valence-electron chi connectivity index (χ4n) is 1.32. The van der Waals surface area contributed by atoms with Gasteiger partial charge in [-0.25, -0.2) is 0 Å². The van der Waals surface area contributed by atoms with E-state index in [1.165, 1.54) is 18.0 Å². The van der Waals surface area contributed by atoms with E-state index >= 15 is 0 Å². The summed E-state index contributed by atoms with van der Waals surface area (Å²) in [6.07, 6.45) is 0. The number of halogens is 1. The predicted molar refractivity (Wildman–Crippen MR) is 64.8 cm³/mol. The van der Waals surface area contributed by atoms with Gasteiger partial charge in [-0.15, -0.1) is 5.10 Å². The van der Waals surface area contributed by atoms with Gasteiger partial charge in [0.2, 0.25) is 0 Å². The maximum atomic E-state index is 11.8. The zero-order valence-corrected chi connectivity index (χ0v) is 10.5. The highest BCUT2D eigenvalue weighted by molar-refractivity contribution is 6.32. The number of hydrogen-bond donors (Lipinski definition) is 1. The topological polar surface area (TPSA) is 81.9 Å². The van der Waals surface area contributed by atoms with Crippen LogP contribution in [0.2, 0.25) is 5.02 Å². The molecular formula is C10H10ClN5O2. The fourth-order valence-corrected chi connectivity index (χ4v) is 1.57. The molecule has 1 aromatic heterocycles. The first-order valence-corrected chi connectivity index (χ1v) is 5.37. The molecule has 1 amide bonds. The second kappa shape index (κ2) is 5.01. The lowest BCUT2D eigenvalue weighted by Gasteiger charge is -2.05. The first-order valence-electron chi connectivity index (χ1n) is 4.99. The molecule has 2 aromatic rings. The van der Waals surface area contributed by atoms with Crippen molar-refractivity contribution >= 4 is 23.5 Å². The predicted octanol–water partition coefficient (Wildman–Crippen LogP) is 1.12. The van der Waals surface area contributed by atoms with Gasteiger partial charge in [-0.1, -0.05) is 16.7 Å². The highest BCUT2D eigenvalue weighted by Crippen LogP contribution is 2.25. The second-order valence-corrected chi connectivity index (χ2v) is 3.81. The van der Waals surface area contributed by atoms with E-state index in [0.717, 1.165) is 0 Å². The third-order valence-electron chi connectivity index (χ3n) is 2.15. The Labute approximate surface area is 108 Å². The van der Waals surface area contributed by atoms with Gasteiger partial charge in [0.15, 0.2) is 0 Å². The van der Waals surface area contributed by atoms with Crippen LogP contribution in [0.15, 0.2) is 18.2 Å². The molecule has 0 aliphatic heterocycles. The molecule has 0 atom stereocenters. The summed E-state index contributed by atoms with van der Waals surface area (Å²) in [6, 6.07) is 4.71. The summed E-state index contributed by atoms with van der Waals surface area (Å²) in [4.78, 5) is 13.1. The number of aromatic nitrogens is 4. The van der Waals surface area contributed by atoms with Crippen LogP contribution in [0.5, 0.6) is 5.75 Å². The molecule has 0 bridgehead atoms. The number of hydrogen-bond acceptors (Lipinski definition) is 5. The Morgan fingerprint density at radius 2 is 2.28 bits per heavy atom. The van der Waals surface area contributed by atoms with Crippen LogP contribution in [0.1, 0.15) is 10.4 Å². The number of nitrogens with one attached hydrogen (secondary N) is 1. The highest BCUT2D eigenvalue weighted by atomic mass is 35.5. The lowest BCUT2D eigenvalue weighted by atomic mass is 10.2. The van der Waals surface area contributed by atoms with Crippen molar-refractivity contribution in [2.75, 3.05) is 12.4 Å². The number of carbonyl (C=O) groups is 1. The third-order valence-corrected chi connectivity index (χ3v) is 2.44. The van der Waals surface area contributed by atoms with Crippen LogP contribution in [-0.2, 0) is 7.05 Å². The lowest BCUT2D eigenvalue weighted by Crippen LogP contribution is -2.13. The van der Waals surface area contributed by atoms with Crippen molar-refractivity contribution in [3.8, 4) is 5.75 Å². The Hall–Kier alpha value is -2.15. The van der Waals surface area contributed by atoms with Crippen LogP contribution in [0.3, 0.4) is 0 Å². The SMILES string of the molecule is COc1ccc(C(=O)Nc2nnn(C)n2)cc1Cl. The maximum absolute atomic E-state index is 11.8. The zero-order chi connectivity index (χ0) is 13.1. The Bertz CT molecular complexity index is 583. The van der Waals surface area contributed by atoms with Crippen molar-refractivity contribution < 1.29 is 9.53 Å². The Morgan fingerprint density at radius 3 is 2.83 bits per heavy atom. The number of ether oxygens (including phenoxy) is 1. The van der Waals surface area contributed by atoms with Crippen LogP contribution in [-0.4, -0.2) is 33.2 Å². The molecule has 0 aliphatic rings. The van der Waals surface area contributed by atoms with Gasteiger partial charge in [-0.2, -0.15) is 4.80 Å². The van der Waals surface area contributed by atoms with Gasteiger partial charge in [0.25, 0.3) is 11.9 Å². The smallest absolute Gasteiger partial charge is 0.270 e. The molecule has 18 heavy (non-hydrogen) atoms. The average Bonchev–Trinajstić information content (AvgIpc) is 2.74. The standard InChI is InChI=1S/C10H10ClN5O2/c1-16-14-10(13-15-16)12-9(17)6-3-4-8(18-2)7(11)5-6/h3-5H,1-2H3,(H,12,14,17). The number of amides is 1. The summed E-state index contributed by atoms with van der Waals surface area (Å²) < 4.78 is 5.00. The molecule has 0 spiro atoms. The van der Waals surface area contributed by atoms with Gasteiger partial charge in [0.1, 0.15) is 5.75 Å². The summed E-state index contributed by atoms with van der Waals surface area (Å²) >= 11 is 5.93. The summed E-state index contributed by atoms with van der Waals surface area (Å²) in [5.41, 5.74) is 0.383. The molecule has 0 radical (unpaired) electrons. The molecule has 94 valence electrons. The number of aryl methyl sites for hydroxylation is 1. The Balaban J connectivity index is 2.16. The van der Waals surface area contributed by atoms with Crippen LogP contribution >= 0.6 is 11.6 Å². The van der Waals surface area contributed by atoms with Crippen molar-refractivity contribution in [2.24, 2.45) is 7.05 Å². The van der Waals surface area contributed by atoms with E-state index < -0.39 is 0 Å².